The lowest BCUT2D eigenvalue weighted by molar-refractivity contribution is 1.05. The second-order valence-corrected chi connectivity index (χ2v) is 4.35. The molecule has 0 aliphatic rings. The van der Waals surface area contributed by atoms with Gasteiger partial charge in [-0.15, -0.1) is 0 Å². The van der Waals surface area contributed by atoms with Gasteiger partial charge in [0.1, 0.15) is 5.82 Å². The largest absolute Gasteiger partial charge is 0.357 e. The van der Waals surface area contributed by atoms with Gasteiger partial charge in [-0.3, -0.25) is 0 Å². The summed E-state index contributed by atoms with van der Waals surface area (Å²) in [5, 5.41) is 2.96. The van der Waals surface area contributed by atoms with Crippen molar-refractivity contribution in [2.24, 2.45) is 0 Å². The number of hydrogen-bond acceptors (Lipinski definition) is 4. The molecule has 1 aromatic heterocycles. The Labute approximate surface area is 108 Å². The number of rotatable bonds is 3. The molecule has 1 heterocycles. The minimum absolute atomic E-state index is 0.634. The number of aryl methyl sites for hydroxylation is 2. The lowest BCUT2D eigenvalue weighted by Gasteiger charge is -2.21. The molecular weight excluding hydrogens is 224 g/mol. The van der Waals surface area contributed by atoms with Crippen LogP contribution in [-0.2, 0) is 0 Å². The Morgan fingerprint density at radius 1 is 1.22 bits per heavy atom. The van der Waals surface area contributed by atoms with Crippen LogP contribution in [0.1, 0.15) is 11.1 Å². The van der Waals surface area contributed by atoms with Crippen molar-refractivity contribution in [2.45, 2.75) is 13.8 Å². The molecule has 0 saturated carbocycles. The Morgan fingerprint density at radius 2 is 2.00 bits per heavy atom. The smallest absolute Gasteiger partial charge is 0.224 e. The Morgan fingerprint density at radius 3 is 2.67 bits per heavy atom. The van der Waals surface area contributed by atoms with E-state index < -0.39 is 0 Å². The highest BCUT2D eigenvalue weighted by molar-refractivity contribution is 5.63. The monoisotopic (exact) mass is 242 g/mol. The van der Waals surface area contributed by atoms with Gasteiger partial charge >= 0.3 is 0 Å². The molecule has 0 saturated heterocycles. The molecule has 18 heavy (non-hydrogen) atoms. The number of anilines is 3. The maximum Gasteiger partial charge on any atom is 0.224 e. The van der Waals surface area contributed by atoms with Crippen molar-refractivity contribution in [1.29, 1.82) is 0 Å². The van der Waals surface area contributed by atoms with Crippen LogP contribution in [-0.4, -0.2) is 24.1 Å². The van der Waals surface area contributed by atoms with Gasteiger partial charge in [-0.1, -0.05) is 12.1 Å². The van der Waals surface area contributed by atoms with Crippen LogP contribution in [0.3, 0.4) is 0 Å². The average Bonchev–Trinajstić information content (AvgIpc) is 2.38. The zero-order chi connectivity index (χ0) is 13.1. The van der Waals surface area contributed by atoms with Gasteiger partial charge < -0.3 is 10.2 Å². The van der Waals surface area contributed by atoms with Crippen molar-refractivity contribution >= 4 is 17.5 Å². The summed E-state index contributed by atoms with van der Waals surface area (Å²) in [5.41, 5.74) is 3.41. The highest BCUT2D eigenvalue weighted by Gasteiger charge is 2.10. The standard InChI is InChI=1S/C14H18N4/c1-10-6-5-7-12(8-10)18(4)13-11(2)9-16-14(15-3)17-13/h5-9H,1-4H3,(H,15,16,17). The fourth-order valence-electron chi connectivity index (χ4n) is 1.85. The van der Waals surface area contributed by atoms with E-state index in [0.29, 0.717) is 5.95 Å². The summed E-state index contributed by atoms with van der Waals surface area (Å²) in [6.45, 7) is 4.10. The van der Waals surface area contributed by atoms with Gasteiger partial charge in [0, 0.05) is 31.5 Å². The Kier molecular flexibility index (Phi) is 3.46. The molecule has 0 aliphatic heterocycles. The molecule has 4 heteroatoms. The minimum Gasteiger partial charge on any atom is -0.357 e. The summed E-state index contributed by atoms with van der Waals surface area (Å²) < 4.78 is 0. The third kappa shape index (κ3) is 2.42. The van der Waals surface area contributed by atoms with E-state index in [0.717, 1.165) is 17.1 Å². The molecule has 0 spiro atoms. The first-order chi connectivity index (χ1) is 8.61. The predicted molar refractivity (Wildman–Crippen MR) is 75.6 cm³/mol. The first-order valence-electron chi connectivity index (χ1n) is 5.93. The summed E-state index contributed by atoms with van der Waals surface area (Å²) in [4.78, 5) is 10.8. The molecule has 0 atom stereocenters. The van der Waals surface area contributed by atoms with Crippen molar-refractivity contribution in [2.75, 3.05) is 24.3 Å². The van der Waals surface area contributed by atoms with E-state index in [1.165, 1.54) is 5.56 Å². The molecule has 2 aromatic rings. The van der Waals surface area contributed by atoms with Crippen LogP contribution in [0.25, 0.3) is 0 Å². The number of nitrogens with zero attached hydrogens (tertiary/aromatic N) is 3. The minimum atomic E-state index is 0.634. The van der Waals surface area contributed by atoms with Gasteiger partial charge in [-0.05, 0) is 31.5 Å². The lowest BCUT2D eigenvalue weighted by Crippen LogP contribution is -2.14. The predicted octanol–water partition coefficient (Wildman–Crippen LogP) is 2.90. The first kappa shape index (κ1) is 12.4. The fourth-order valence-corrected chi connectivity index (χ4v) is 1.85. The molecular formula is C14H18N4. The summed E-state index contributed by atoms with van der Waals surface area (Å²) in [6, 6.07) is 8.36. The highest BCUT2D eigenvalue weighted by Crippen LogP contribution is 2.25. The third-order valence-corrected chi connectivity index (χ3v) is 2.88. The van der Waals surface area contributed by atoms with E-state index >= 15 is 0 Å². The van der Waals surface area contributed by atoms with Crippen LogP contribution < -0.4 is 10.2 Å². The van der Waals surface area contributed by atoms with Gasteiger partial charge in [-0.2, -0.15) is 4.98 Å². The van der Waals surface area contributed by atoms with Crippen molar-refractivity contribution in [3.63, 3.8) is 0 Å². The van der Waals surface area contributed by atoms with Crippen LogP contribution in [0.2, 0.25) is 0 Å². The van der Waals surface area contributed by atoms with Gasteiger partial charge in [0.15, 0.2) is 0 Å². The zero-order valence-electron chi connectivity index (χ0n) is 11.2. The van der Waals surface area contributed by atoms with E-state index in [1.54, 1.807) is 0 Å². The van der Waals surface area contributed by atoms with E-state index in [4.69, 9.17) is 0 Å². The molecule has 0 unspecified atom stereocenters. The van der Waals surface area contributed by atoms with Crippen molar-refractivity contribution in [3.05, 3.63) is 41.6 Å². The fraction of sp³-hybridized carbons (Fsp3) is 0.286. The quantitative estimate of drug-likeness (QED) is 0.898. The van der Waals surface area contributed by atoms with Gasteiger partial charge in [0.2, 0.25) is 5.95 Å². The molecule has 1 N–H and O–H groups in total. The first-order valence-corrected chi connectivity index (χ1v) is 5.93. The molecule has 2 rings (SSSR count). The van der Waals surface area contributed by atoms with Crippen LogP contribution >= 0.6 is 0 Å². The zero-order valence-corrected chi connectivity index (χ0v) is 11.2. The van der Waals surface area contributed by atoms with E-state index in [9.17, 15) is 0 Å². The summed E-state index contributed by atoms with van der Waals surface area (Å²) in [5.74, 6) is 1.55. The van der Waals surface area contributed by atoms with Gasteiger partial charge in [0.05, 0.1) is 0 Å². The number of benzene rings is 1. The number of nitrogens with one attached hydrogen (secondary N) is 1. The van der Waals surface area contributed by atoms with Crippen LogP contribution in [0.15, 0.2) is 30.5 Å². The van der Waals surface area contributed by atoms with Crippen molar-refractivity contribution in [1.82, 2.24) is 9.97 Å². The van der Waals surface area contributed by atoms with Crippen molar-refractivity contribution < 1.29 is 0 Å². The summed E-state index contributed by atoms with van der Waals surface area (Å²) in [7, 11) is 3.84. The second kappa shape index (κ2) is 5.04. The Bertz CT molecular complexity index is 551. The number of aromatic nitrogens is 2. The summed E-state index contributed by atoms with van der Waals surface area (Å²) in [6.07, 6.45) is 1.83. The molecule has 4 nitrogen and oxygen atoms in total. The van der Waals surface area contributed by atoms with E-state index in [-0.39, 0.29) is 0 Å². The molecule has 0 amide bonds. The van der Waals surface area contributed by atoms with Gasteiger partial charge in [-0.25, -0.2) is 4.98 Å². The highest BCUT2D eigenvalue weighted by atomic mass is 15.2. The molecule has 0 radical (unpaired) electrons. The lowest BCUT2D eigenvalue weighted by atomic mass is 10.2. The average molecular weight is 242 g/mol. The molecule has 1 aromatic carbocycles. The van der Waals surface area contributed by atoms with Gasteiger partial charge in [0.25, 0.3) is 0 Å². The van der Waals surface area contributed by atoms with Crippen LogP contribution in [0.5, 0.6) is 0 Å². The third-order valence-electron chi connectivity index (χ3n) is 2.88. The Balaban J connectivity index is 2.41. The van der Waals surface area contributed by atoms with E-state index in [1.807, 2.05) is 27.2 Å². The maximum atomic E-state index is 4.50. The topological polar surface area (TPSA) is 41.1 Å². The number of hydrogen-bond donors (Lipinski definition) is 1. The molecule has 0 aliphatic carbocycles. The SMILES string of the molecule is CNc1ncc(C)c(N(C)c2cccc(C)c2)n1. The van der Waals surface area contributed by atoms with Crippen LogP contribution in [0, 0.1) is 13.8 Å². The molecule has 0 fully saturated rings. The second-order valence-electron chi connectivity index (χ2n) is 4.35. The summed E-state index contributed by atoms with van der Waals surface area (Å²) >= 11 is 0. The normalized spacial score (nSPS) is 10.2. The molecule has 94 valence electrons. The Hall–Kier alpha value is -2.10. The van der Waals surface area contributed by atoms with Crippen LogP contribution in [0.4, 0.5) is 17.5 Å². The van der Waals surface area contributed by atoms with Crippen molar-refractivity contribution in [3.8, 4) is 0 Å². The van der Waals surface area contributed by atoms with E-state index in [2.05, 4.69) is 51.4 Å². The maximum absolute atomic E-state index is 4.50. The molecule has 0 bridgehead atoms.